The van der Waals surface area contributed by atoms with E-state index in [1.807, 2.05) is 23.6 Å². The van der Waals surface area contributed by atoms with Crippen molar-refractivity contribution >= 4 is 34.1 Å². The molecule has 0 fully saturated rings. The van der Waals surface area contributed by atoms with Crippen LogP contribution in [0.25, 0.3) is 17.3 Å². The number of carbonyl (C=O) groups is 1. The molecule has 0 aliphatic heterocycles. The largest absolute Gasteiger partial charge is 0.375 e. The zero-order chi connectivity index (χ0) is 16.9. The van der Waals surface area contributed by atoms with Gasteiger partial charge in [-0.3, -0.25) is 4.79 Å². The lowest BCUT2D eigenvalue weighted by Crippen LogP contribution is -2.08. The molecule has 4 nitrogen and oxygen atoms in total. The summed E-state index contributed by atoms with van der Waals surface area (Å²) in [5.74, 6) is -0.594. The molecule has 120 valence electrons. The molecule has 1 aromatic heterocycles. The number of benzene rings is 2. The Balaban J connectivity index is 1.76. The van der Waals surface area contributed by atoms with Gasteiger partial charge in [-0.1, -0.05) is 30.3 Å². The monoisotopic (exact) mass is 339 g/mol. The fourth-order valence-electron chi connectivity index (χ4n) is 2.15. The van der Waals surface area contributed by atoms with E-state index in [-0.39, 0.29) is 11.7 Å². The van der Waals surface area contributed by atoms with E-state index in [0.717, 1.165) is 16.8 Å². The molecule has 0 aliphatic carbocycles. The average Bonchev–Trinajstić information content (AvgIpc) is 3.01. The van der Waals surface area contributed by atoms with Gasteiger partial charge in [0.15, 0.2) is 5.13 Å². The number of nitrogens with two attached hydrogens (primary N) is 1. The second-order valence-corrected chi connectivity index (χ2v) is 5.88. The van der Waals surface area contributed by atoms with Crippen LogP contribution in [0.4, 0.5) is 15.2 Å². The van der Waals surface area contributed by atoms with Crippen LogP contribution in [-0.2, 0) is 4.79 Å². The van der Waals surface area contributed by atoms with E-state index < -0.39 is 0 Å². The van der Waals surface area contributed by atoms with Crippen LogP contribution in [0.5, 0.6) is 0 Å². The second kappa shape index (κ2) is 7.06. The standard InChI is InChI=1S/C18H14FN3OS/c19-13-8-5-12(6-9-13)7-10-17(23)21-15-4-2-1-3-14(15)16-11-24-18(20)22-16/h1-11H,(H2,20,22)(H,21,23)/b10-7+. The van der Waals surface area contributed by atoms with Crippen LogP contribution in [0.1, 0.15) is 5.56 Å². The zero-order valence-electron chi connectivity index (χ0n) is 12.6. The van der Waals surface area contributed by atoms with E-state index in [4.69, 9.17) is 5.73 Å². The summed E-state index contributed by atoms with van der Waals surface area (Å²) in [5.41, 5.74) is 8.58. The van der Waals surface area contributed by atoms with Crippen LogP contribution in [0.2, 0.25) is 0 Å². The molecule has 24 heavy (non-hydrogen) atoms. The van der Waals surface area contributed by atoms with Gasteiger partial charge in [0.2, 0.25) is 5.91 Å². The van der Waals surface area contributed by atoms with Crippen molar-refractivity contribution < 1.29 is 9.18 Å². The van der Waals surface area contributed by atoms with E-state index >= 15 is 0 Å². The van der Waals surface area contributed by atoms with E-state index in [1.54, 1.807) is 24.3 Å². The van der Waals surface area contributed by atoms with Gasteiger partial charge in [0, 0.05) is 17.0 Å². The Hall–Kier alpha value is -2.99. The molecular weight excluding hydrogens is 325 g/mol. The first-order valence-electron chi connectivity index (χ1n) is 7.17. The Morgan fingerprint density at radius 3 is 2.62 bits per heavy atom. The maximum absolute atomic E-state index is 12.9. The lowest BCUT2D eigenvalue weighted by atomic mass is 10.1. The molecule has 3 aromatic rings. The summed E-state index contributed by atoms with van der Waals surface area (Å²) in [5, 5.41) is 5.14. The van der Waals surface area contributed by atoms with Gasteiger partial charge in [-0.05, 0) is 29.8 Å². The third kappa shape index (κ3) is 3.85. The molecule has 3 N–H and O–H groups in total. The number of hydrogen-bond donors (Lipinski definition) is 2. The van der Waals surface area contributed by atoms with E-state index in [0.29, 0.717) is 10.8 Å². The number of nitrogen functional groups attached to an aromatic ring is 1. The fraction of sp³-hybridized carbons (Fsp3) is 0. The van der Waals surface area contributed by atoms with Crippen molar-refractivity contribution in [3.05, 3.63) is 71.4 Å². The number of thiazole rings is 1. The average molecular weight is 339 g/mol. The summed E-state index contributed by atoms with van der Waals surface area (Å²) in [7, 11) is 0. The summed E-state index contributed by atoms with van der Waals surface area (Å²) >= 11 is 1.34. The minimum absolute atomic E-state index is 0.282. The Morgan fingerprint density at radius 2 is 1.92 bits per heavy atom. The molecule has 2 aromatic carbocycles. The molecule has 0 unspecified atom stereocenters. The van der Waals surface area contributed by atoms with Crippen molar-refractivity contribution in [3.63, 3.8) is 0 Å². The third-order valence-corrected chi connectivity index (χ3v) is 3.95. The van der Waals surface area contributed by atoms with E-state index in [9.17, 15) is 9.18 Å². The molecule has 0 atom stereocenters. The minimum atomic E-state index is -0.312. The highest BCUT2D eigenvalue weighted by Crippen LogP contribution is 2.29. The predicted octanol–water partition coefficient (Wildman–Crippen LogP) is 4.18. The SMILES string of the molecule is Nc1nc(-c2ccccc2NC(=O)/C=C/c2ccc(F)cc2)cs1. The van der Waals surface area contributed by atoms with Gasteiger partial charge >= 0.3 is 0 Å². The number of nitrogens with zero attached hydrogens (tertiary/aromatic N) is 1. The molecule has 0 radical (unpaired) electrons. The second-order valence-electron chi connectivity index (χ2n) is 4.99. The Labute approximate surface area is 142 Å². The first-order chi connectivity index (χ1) is 11.6. The summed E-state index contributed by atoms with van der Waals surface area (Å²) in [6.07, 6.45) is 3.03. The van der Waals surface area contributed by atoms with E-state index in [2.05, 4.69) is 10.3 Å². The number of carbonyl (C=O) groups excluding carboxylic acids is 1. The van der Waals surface area contributed by atoms with Crippen molar-refractivity contribution in [2.24, 2.45) is 0 Å². The van der Waals surface area contributed by atoms with Crippen molar-refractivity contribution in [1.82, 2.24) is 4.98 Å². The van der Waals surface area contributed by atoms with Crippen molar-refractivity contribution in [3.8, 4) is 11.3 Å². The molecule has 0 saturated heterocycles. The van der Waals surface area contributed by atoms with Gasteiger partial charge in [0.25, 0.3) is 0 Å². The molecule has 0 aliphatic rings. The topological polar surface area (TPSA) is 68.0 Å². The number of amides is 1. The lowest BCUT2D eigenvalue weighted by molar-refractivity contribution is -0.111. The molecule has 6 heteroatoms. The van der Waals surface area contributed by atoms with Gasteiger partial charge in [0.05, 0.1) is 11.4 Å². The Kier molecular flexibility index (Phi) is 4.67. The number of aromatic nitrogens is 1. The highest BCUT2D eigenvalue weighted by Gasteiger charge is 2.09. The molecular formula is C18H14FN3OS. The third-order valence-electron chi connectivity index (χ3n) is 3.28. The molecule has 0 saturated carbocycles. The van der Waals surface area contributed by atoms with Crippen LogP contribution < -0.4 is 11.1 Å². The Morgan fingerprint density at radius 1 is 1.17 bits per heavy atom. The lowest BCUT2D eigenvalue weighted by Gasteiger charge is -2.07. The van der Waals surface area contributed by atoms with Gasteiger partial charge in [0.1, 0.15) is 5.82 Å². The van der Waals surface area contributed by atoms with Crippen LogP contribution in [0.15, 0.2) is 60.0 Å². The number of hydrogen-bond acceptors (Lipinski definition) is 4. The first-order valence-corrected chi connectivity index (χ1v) is 8.05. The van der Waals surface area contributed by atoms with Crippen LogP contribution in [0, 0.1) is 5.82 Å². The van der Waals surface area contributed by atoms with Crippen LogP contribution in [-0.4, -0.2) is 10.9 Å². The number of rotatable bonds is 4. The highest BCUT2D eigenvalue weighted by atomic mass is 32.1. The maximum atomic E-state index is 12.9. The number of halogens is 1. The van der Waals surface area contributed by atoms with Crippen molar-refractivity contribution in [2.45, 2.75) is 0 Å². The highest BCUT2D eigenvalue weighted by molar-refractivity contribution is 7.13. The summed E-state index contributed by atoms with van der Waals surface area (Å²) in [6.45, 7) is 0. The fourth-order valence-corrected chi connectivity index (χ4v) is 2.71. The molecule has 1 heterocycles. The van der Waals surface area contributed by atoms with Gasteiger partial charge in [-0.2, -0.15) is 0 Å². The summed E-state index contributed by atoms with van der Waals surface area (Å²) < 4.78 is 12.9. The summed E-state index contributed by atoms with van der Waals surface area (Å²) in [4.78, 5) is 16.4. The van der Waals surface area contributed by atoms with Gasteiger partial charge in [-0.25, -0.2) is 9.37 Å². The first kappa shape index (κ1) is 15.9. The smallest absolute Gasteiger partial charge is 0.248 e. The molecule has 1 amide bonds. The van der Waals surface area contributed by atoms with Crippen LogP contribution >= 0.6 is 11.3 Å². The number of anilines is 2. The molecule has 0 spiro atoms. The number of para-hydroxylation sites is 1. The minimum Gasteiger partial charge on any atom is -0.375 e. The molecule has 0 bridgehead atoms. The molecule has 3 rings (SSSR count). The quantitative estimate of drug-likeness (QED) is 0.701. The van der Waals surface area contributed by atoms with E-state index in [1.165, 1.54) is 29.5 Å². The maximum Gasteiger partial charge on any atom is 0.248 e. The summed E-state index contributed by atoms with van der Waals surface area (Å²) in [6, 6.07) is 13.3. The Bertz CT molecular complexity index is 887. The van der Waals surface area contributed by atoms with Gasteiger partial charge in [-0.15, -0.1) is 11.3 Å². The zero-order valence-corrected chi connectivity index (χ0v) is 13.4. The van der Waals surface area contributed by atoms with Crippen molar-refractivity contribution in [2.75, 3.05) is 11.1 Å². The van der Waals surface area contributed by atoms with Crippen LogP contribution in [0.3, 0.4) is 0 Å². The normalized spacial score (nSPS) is 10.9. The number of nitrogens with one attached hydrogen (secondary N) is 1. The van der Waals surface area contributed by atoms with Gasteiger partial charge < -0.3 is 11.1 Å². The predicted molar refractivity (Wildman–Crippen MR) is 96.0 cm³/mol. The van der Waals surface area contributed by atoms with Crippen molar-refractivity contribution in [1.29, 1.82) is 0 Å².